The molecule has 2 aromatic heterocycles. The Morgan fingerprint density at radius 1 is 0.422 bits per heavy atom. The van der Waals surface area contributed by atoms with Crippen molar-refractivity contribution in [3.63, 3.8) is 0 Å². The van der Waals surface area contributed by atoms with Gasteiger partial charge in [-0.2, -0.15) is 5.26 Å². The zero-order valence-corrected chi connectivity index (χ0v) is 24.1. The number of nitrogens with zero attached hydrogens (tertiary/aromatic N) is 4. The fourth-order valence-electron chi connectivity index (χ4n) is 5.77. The molecule has 0 bridgehead atoms. The first kappa shape index (κ1) is 26.3. The molecule has 45 heavy (non-hydrogen) atoms. The lowest BCUT2D eigenvalue weighted by Gasteiger charge is -2.12. The molecule has 0 unspecified atom stereocenters. The summed E-state index contributed by atoms with van der Waals surface area (Å²) in [6, 6.07) is 50.8. The van der Waals surface area contributed by atoms with Crippen molar-refractivity contribution in [1.82, 2.24) is 15.0 Å². The van der Waals surface area contributed by atoms with Gasteiger partial charge in [0.2, 0.25) is 0 Å². The van der Waals surface area contributed by atoms with Crippen LogP contribution in [0.5, 0.6) is 0 Å². The molecule has 0 spiro atoms. The smallest absolute Gasteiger partial charge is 0.164 e. The van der Waals surface area contributed by atoms with Gasteiger partial charge in [0.25, 0.3) is 0 Å². The molecule has 6 aromatic carbocycles. The molecule has 0 aliphatic heterocycles. The number of rotatable bonds is 5. The average molecular weight is 577 g/mol. The van der Waals surface area contributed by atoms with Gasteiger partial charge >= 0.3 is 0 Å². The Balaban J connectivity index is 1.37. The maximum absolute atomic E-state index is 10.2. The van der Waals surface area contributed by atoms with Crippen molar-refractivity contribution in [3.05, 3.63) is 151 Å². The predicted molar refractivity (Wildman–Crippen MR) is 179 cm³/mol. The summed E-state index contributed by atoms with van der Waals surface area (Å²) in [4.78, 5) is 15.0. The highest BCUT2D eigenvalue weighted by molar-refractivity contribution is 6.08. The SMILES string of the molecule is N#Cc1cc(-c2nc(-c3ccccc3)nc(-c3cc(-c4ccccc4)cc(-c4ccccc4)c3)n2)cc2oc3ccccc3c12. The van der Waals surface area contributed by atoms with E-state index in [1.54, 1.807) is 0 Å². The molecule has 2 heterocycles. The maximum Gasteiger partial charge on any atom is 0.164 e. The highest BCUT2D eigenvalue weighted by atomic mass is 16.3. The zero-order chi connectivity index (χ0) is 30.2. The van der Waals surface area contributed by atoms with Gasteiger partial charge in [-0.3, -0.25) is 0 Å². The minimum Gasteiger partial charge on any atom is -0.456 e. The van der Waals surface area contributed by atoms with Crippen LogP contribution >= 0.6 is 0 Å². The van der Waals surface area contributed by atoms with Crippen LogP contribution in [0.15, 0.2) is 150 Å². The Bertz CT molecular complexity index is 2320. The van der Waals surface area contributed by atoms with Crippen molar-refractivity contribution in [3.8, 4) is 62.5 Å². The van der Waals surface area contributed by atoms with Crippen LogP contribution in [0.3, 0.4) is 0 Å². The van der Waals surface area contributed by atoms with Gasteiger partial charge in [-0.1, -0.05) is 109 Å². The van der Waals surface area contributed by atoms with Crippen LogP contribution in [-0.2, 0) is 0 Å². The van der Waals surface area contributed by atoms with Gasteiger partial charge in [-0.05, 0) is 58.7 Å². The first-order valence-electron chi connectivity index (χ1n) is 14.7. The molecule has 0 fully saturated rings. The number of hydrogen-bond donors (Lipinski definition) is 0. The first-order valence-corrected chi connectivity index (χ1v) is 14.7. The summed E-state index contributed by atoms with van der Waals surface area (Å²) in [5.74, 6) is 1.55. The lowest BCUT2D eigenvalue weighted by molar-refractivity contribution is 0.669. The number of aromatic nitrogens is 3. The average Bonchev–Trinajstić information content (AvgIpc) is 3.51. The van der Waals surface area contributed by atoms with Crippen molar-refractivity contribution in [2.45, 2.75) is 0 Å². The van der Waals surface area contributed by atoms with Crippen LogP contribution in [0.1, 0.15) is 5.56 Å². The molecule has 0 N–H and O–H groups in total. The second kappa shape index (κ2) is 11.0. The first-order chi connectivity index (χ1) is 22.2. The number of benzene rings is 6. The molecule has 0 aliphatic rings. The molecule has 0 radical (unpaired) electrons. The molecule has 5 heteroatoms. The molecule has 8 aromatic rings. The fraction of sp³-hybridized carbons (Fsp3) is 0. The van der Waals surface area contributed by atoms with E-state index in [2.05, 4.69) is 48.5 Å². The van der Waals surface area contributed by atoms with Crippen LogP contribution < -0.4 is 0 Å². The summed E-state index contributed by atoms with van der Waals surface area (Å²) in [5, 5.41) is 11.9. The van der Waals surface area contributed by atoms with Crippen LogP contribution in [0.2, 0.25) is 0 Å². The van der Waals surface area contributed by atoms with Crippen molar-refractivity contribution >= 4 is 21.9 Å². The Morgan fingerprint density at radius 2 is 0.889 bits per heavy atom. The molecular weight excluding hydrogens is 552 g/mol. The van der Waals surface area contributed by atoms with Gasteiger partial charge in [-0.25, -0.2) is 15.0 Å². The molecule has 0 saturated carbocycles. The normalized spacial score (nSPS) is 11.1. The monoisotopic (exact) mass is 576 g/mol. The molecule has 8 rings (SSSR count). The Hall–Kier alpha value is -6.38. The number of nitriles is 1. The van der Waals surface area contributed by atoms with Gasteiger partial charge in [0, 0.05) is 27.5 Å². The molecule has 0 saturated heterocycles. The summed E-state index contributed by atoms with van der Waals surface area (Å²) < 4.78 is 6.19. The highest BCUT2D eigenvalue weighted by Crippen LogP contribution is 2.36. The molecule has 0 aliphatic carbocycles. The van der Waals surface area contributed by atoms with Crippen LogP contribution in [-0.4, -0.2) is 15.0 Å². The molecular formula is C40H24N4O. The highest BCUT2D eigenvalue weighted by Gasteiger charge is 2.18. The van der Waals surface area contributed by atoms with Gasteiger partial charge < -0.3 is 4.42 Å². The summed E-state index contributed by atoms with van der Waals surface area (Å²) in [5.41, 5.74) is 8.59. The third-order valence-electron chi connectivity index (χ3n) is 7.93. The van der Waals surface area contributed by atoms with Gasteiger partial charge in [0.05, 0.1) is 11.6 Å². The summed E-state index contributed by atoms with van der Waals surface area (Å²) in [7, 11) is 0. The van der Waals surface area contributed by atoms with E-state index in [0.29, 0.717) is 34.2 Å². The van der Waals surface area contributed by atoms with Crippen LogP contribution in [0, 0.1) is 11.3 Å². The second-order valence-corrected chi connectivity index (χ2v) is 10.8. The molecule has 0 atom stereocenters. The van der Waals surface area contributed by atoms with Crippen molar-refractivity contribution < 1.29 is 4.42 Å². The van der Waals surface area contributed by atoms with E-state index in [9.17, 15) is 5.26 Å². The standard InChI is InChI=1S/C40H24N4O/c41-25-33-23-32(24-36-37(33)34-18-10-11-19-35(34)45-36)40-43-38(28-16-8-3-9-17-28)42-39(44-40)31-21-29(26-12-4-1-5-13-26)20-30(22-31)27-14-6-2-7-15-27/h1-24H. The van der Waals surface area contributed by atoms with Crippen LogP contribution in [0.4, 0.5) is 0 Å². The third-order valence-corrected chi connectivity index (χ3v) is 7.93. The van der Waals surface area contributed by atoms with Gasteiger partial charge in [0.1, 0.15) is 11.2 Å². The fourth-order valence-corrected chi connectivity index (χ4v) is 5.77. The number of para-hydroxylation sites is 1. The van der Waals surface area contributed by atoms with E-state index in [1.807, 2.05) is 103 Å². The quantitative estimate of drug-likeness (QED) is 0.204. The summed E-state index contributed by atoms with van der Waals surface area (Å²) >= 11 is 0. The molecule has 0 amide bonds. The second-order valence-electron chi connectivity index (χ2n) is 10.8. The van der Waals surface area contributed by atoms with Crippen LogP contribution in [0.25, 0.3) is 78.4 Å². The lowest BCUT2D eigenvalue weighted by Crippen LogP contribution is -2.01. The van der Waals surface area contributed by atoms with E-state index in [-0.39, 0.29) is 0 Å². The Morgan fingerprint density at radius 3 is 1.47 bits per heavy atom. The molecule has 5 nitrogen and oxygen atoms in total. The van der Waals surface area contributed by atoms with E-state index in [4.69, 9.17) is 19.4 Å². The van der Waals surface area contributed by atoms with Crippen molar-refractivity contribution in [1.29, 1.82) is 5.26 Å². The summed E-state index contributed by atoms with van der Waals surface area (Å²) in [6.45, 7) is 0. The van der Waals surface area contributed by atoms with E-state index in [0.717, 1.165) is 49.7 Å². The predicted octanol–water partition coefficient (Wildman–Crippen LogP) is 9.98. The van der Waals surface area contributed by atoms with Gasteiger partial charge in [-0.15, -0.1) is 0 Å². The van der Waals surface area contributed by atoms with Crippen molar-refractivity contribution in [2.24, 2.45) is 0 Å². The number of furan rings is 1. The number of fused-ring (bicyclic) bond motifs is 3. The minimum atomic E-state index is 0.462. The van der Waals surface area contributed by atoms with Gasteiger partial charge in [0.15, 0.2) is 17.5 Å². The summed E-state index contributed by atoms with van der Waals surface area (Å²) in [6.07, 6.45) is 0. The molecule has 210 valence electrons. The van der Waals surface area contributed by atoms with E-state index in [1.165, 1.54) is 0 Å². The maximum atomic E-state index is 10.2. The Kier molecular flexibility index (Phi) is 6.44. The topological polar surface area (TPSA) is 75.6 Å². The minimum absolute atomic E-state index is 0.462. The Labute approximate surface area is 259 Å². The van der Waals surface area contributed by atoms with E-state index >= 15 is 0 Å². The lowest BCUT2D eigenvalue weighted by atomic mass is 9.96. The van der Waals surface area contributed by atoms with Crippen molar-refractivity contribution in [2.75, 3.05) is 0 Å². The largest absolute Gasteiger partial charge is 0.456 e. The van der Waals surface area contributed by atoms with E-state index < -0.39 is 0 Å². The third kappa shape index (κ3) is 4.91. The zero-order valence-electron chi connectivity index (χ0n) is 24.1. The number of hydrogen-bond acceptors (Lipinski definition) is 5.